The summed E-state index contributed by atoms with van der Waals surface area (Å²) in [6.07, 6.45) is 2.33. The van der Waals surface area contributed by atoms with Crippen molar-refractivity contribution in [3.05, 3.63) is 23.4 Å². The van der Waals surface area contributed by atoms with Crippen molar-refractivity contribution in [3.8, 4) is 0 Å². The van der Waals surface area contributed by atoms with Gasteiger partial charge in [0, 0.05) is 11.1 Å². The number of hydrogen-bond acceptors (Lipinski definition) is 2. The number of rotatable bonds is 1. The quantitative estimate of drug-likeness (QED) is 0.497. The molecule has 2 N–H and O–H groups in total. The lowest BCUT2D eigenvalue weighted by molar-refractivity contribution is 1.04. The average Bonchev–Trinajstić information content (AvgIpc) is 2.47. The first-order valence-corrected chi connectivity index (χ1v) is 7.95. The number of aromatic nitrogens is 2. The minimum atomic E-state index is 0.552. The summed E-state index contributed by atoms with van der Waals surface area (Å²) in [5.41, 5.74) is 7.29. The van der Waals surface area contributed by atoms with E-state index in [1.54, 1.807) is 12.3 Å². The molecule has 0 aliphatic rings. The molecule has 2 rings (SSSR count). The normalized spacial score (nSPS) is 11.8. The second-order valence-electron chi connectivity index (χ2n) is 2.58. The fourth-order valence-corrected chi connectivity index (χ4v) is 3.12. The van der Waals surface area contributed by atoms with E-state index in [4.69, 9.17) is 17.3 Å². The molecular formula is C7H6ClIN3P. The molecule has 2 aromatic rings. The number of nitrogens with zero attached hydrogens (tertiary/aromatic N) is 2. The van der Waals surface area contributed by atoms with E-state index in [0.29, 0.717) is 17.1 Å². The fourth-order valence-electron chi connectivity index (χ4n) is 1.21. The van der Waals surface area contributed by atoms with Gasteiger partial charge in [-0.15, -0.1) is 0 Å². The molecule has 1 aromatic heterocycles. The number of anilines is 1. The summed E-state index contributed by atoms with van der Waals surface area (Å²) in [6, 6.07) is 3.63. The highest BCUT2D eigenvalue weighted by molar-refractivity contribution is 14.2. The zero-order chi connectivity index (χ0) is 9.42. The number of benzene rings is 1. The van der Waals surface area contributed by atoms with Crippen LogP contribution in [0.25, 0.3) is 10.9 Å². The largest absolute Gasteiger partial charge is 0.399 e. The summed E-state index contributed by atoms with van der Waals surface area (Å²) < 4.78 is 1.87. The van der Waals surface area contributed by atoms with Gasteiger partial charge in [-0.25, -0.2) is 4.45 Å². The van der Waals surface area contributed by atoms with Gasteiger partial charge in [-0.05, 0) is 34.2 Å². The van der Waals surface area contributed by atoms with Gasteiger partial charge in [-0.1, -0.05) is 11.6 Å². The average molecular weight is 325 g/mol. The Labute approximate surface area is 94.9 Å². The molecule has 1 atom stereocenters. The third-order valence-electron chi connectivity index (χ3n) is 1.72. The van der Waals surface area contributed by atoms with E-state index in [1.807, 2.05) is 10.5 Å². The SMILES string of the molecule is Nc1cc(Cl)c2c(cnn2PI)c1. The topological polar surface area (TPSA) is 43.8 Å². The van der Waals surface area contributed by atoms with E-state index in [2.05, 4.69) is 27.1 Å². The first-order valence-electron chi connectivity index (χ1n) is 3.52. The van der Waals surface area contributed by atoms with Gasteiger partial charge in [-0.2, -0.15) is 5.10 Å². The molecule has 0 aliphatic carbocycles. The third-order valence-corrected chi connectivity index (χ3v) is 3.88. The van der Waals surface area contributed by atoms with Crippen molar-refractivity contribution in [2.24, 2.45) is 0 Å². The number of fused-ring (bicyclic) bond motifs is 1. The number of nitrogens with two attached hydrogens (primary N) is 1. The van der Waals surface area contributed by atoms with Crippen LogP contribution in [0.15, 0.2) is 18.3 Å². The Morgan fingerprint density at radius 2 is 2.31 bits per heavy atom. The Morgan fingerprint density at radius 1 is 1.54 bits per heavy atom. The number of halogens is 2. The monoisotopic (exact) mass is 325 g/mol. The lowest BCUT2D eigenvalue weighted by atomic mass is 10.2. The van der Waals surface area contributed by atoms with Crippen LogP contribution >= 0.6 is 40.0 Å². The molecule has 0 fully saturated rings. The van der Waals surface area contributed by atoms with E-state index in [0.717, 1.165) is 10.9 Å². The molecule has 0 aliphatic heterocycles. The maximum absolute atomic E-state index is 6.05. The zero-order valence-electron chi connectivity index (χ0n) is 6.46. The van der Waals surface area contributed by atoms with E-state index in [1.165, 1.54) is 0 Å². The molecule has 0 bridgehead atoms. The van der Waals surface area contributed by atoms with Crippen molar-refractivity contribution >= 4 is 56.6 Å². The summed E-state index contributed by atoms with van der Waals surface area (Å²) in [5.74, 6) is 0. The maximum Gasteiger partial charge on any atom is 0.0917 e. The van der Waals surface area contributed by atoms with Gasteiger partial charge in [0.05, 0.1) is 23.1 Å². The van der Waals surface area contributed by atoms with Crippen LogP contribution in [-0.4, -0.2) is 9.55 Å². The lowest BCUT2D eigenvalue weighted by Gasteiger charge is -2.00. The van der Waals surface area contributed by atoms with Gasteiger partial charge in [-0.3, -0.25) is 0 Å². The van der Waals surface area contributed by atoms with Crippen molar-refractivity contribution in [2.45, 2.75) is 0 Å². The lowest BCUT2D eigenvalue weighted by Crippen LogP contribution is -1.86. The summed E-state index contributed by atoms with van der Waals surface area (Å²) >= 11 is 8.31. The Bertz CT molecular complexity index is 456. The second-order valence-corrected chi connectivity index (χ2v) is 5.03. The highest BCUT2D eigenvalue weighted by Gasteiger charge is 2.06. The number of hydrogen-bond donors (Lipinski definition) is 1. The molecule has 0 saturated carbocycles. The smallest absolute Gasteiger partial charge is 0.0917 e. The van der Waals surface area contributed by atoms with Gasteiger partial charge in [0.15, 0.2) is 0 Å². The highest BCUT2D eigenvalue weighted by atomic mass is 127. The predicted molar refractivity (Wildman–Crippen MR) is 66.9 cm³/mol. The van der Waals surface area contributed by atoms with E-state index in [-0.39, 0.29) is 0 Å². The Balaban J connectivity index is 2.82. The molecule has 1 heterocycles. The van der Waals surface area contributed by atoms with Crippen LogP contribution in [0.3, 0.4) is 0 Å². The van der Waals surface area contributed by atoms with Crippen LogP contribution in [0.5, 0.6) is 0 Å². The zero-order valence-corrected chi connectivity index (χ0v) is 10.4. The molecule has 1 aromatic carbocycles. The van der Waals surface area contributed by atoms with Gasteiger partial charge in [0.1, 0.15) is 0 Å². The molecule has 1 unspecified atom stereocenters. The molecule has 0 amide bonds. The molecular weight excluding hydrogens is 319 g/mol. The molecule has 6 heteroatoms. The predicted octanol–water partition coefficient (Wildman–Crippen LogP) is 3.06. The van der Waals surface area contributed by atoms with Crippen LogP contribution in [0.1, 0.15) is 0 Å². The van der Waals surface area contributed by atoms with Crippen molar-refractivity contribution in [2.75, 3.05) is 5.73 Å². The summed E-state index contributed by atoms with van der Waals surface area (Å²) in [5, 5.41) is 5.86. The molecule has 13 heavy (non-hydrogen) atoms. The van der Waals surface area contributed by atoms with Gasteiger partial charge in [0.25, 0.3) is 0 Å². The Morgan fingerprint density at radius 3 is 3.00 bits per heavy atom. The third kappa shape index (κ3) is 1.63. The molecule has 0 saturated heterocycles. The van der Waals surface area contributed by atoms with Crippen LogP contribution < -0.4 is 5.73 Å². The van der Waals surface area contributed by atoms with E-state index >= 15 is 0 Å². The van der Waals surface area contributed by atoms with Crippen molar-refractivity contribution in [1.82, 2.24) is 9.55 Å². The summed E-state index contributed by atoms with van der Waals surface area (Å²) in [6.45, 7) is 0. The van der Waals surface area contributed by atoms with Crippen molar-refractivity contribution in [1.29, 1.82) is 0 Å². The Kier molecular flexibility index (Phi) is 2.62. The van der Waals surface area contributed by atoms with E-state index in [9.17, 15) is 0 Å². The van der Waals surface area contributed by atoms with E-state index < -0.39 is 0 Å². The van der Waals surface area contributed by atoms with Crippen molar-refractivity contribution in [3.63, 3.8) is 0 Å². The van der Waals surface area contributed by atoms with Gasteiger partial charge < -0.3 is 5.73 Å². The highest BCUT2D eigenvalue weighted by Crippen LogP contribution is 2.33. The van der Waals surface area contributed by atoms with Gasteiger partial charge in [0.2, 0.25) is 0 Å². The standard InChI is InChI=1S/C7H6ClIN3P/c8-6-2-5(10)1-4-3-11-12(13-9)7(4)6/h1-3,13H,10H2. The minimum Gasteiger partial charge on any atom is -0.399 e. The molecule has 3 nitrogen and oxygen atoms in total. The van der Waals surface area contributed by atoms with Crippen LogP contribution in [0.4, 0.5) is 5.69 Å². The maximum atomic E-state index is 6.05. The van der Waals surface area contributed by atoms with Crippen molar-refractivity contribution < 1.29 is 0 Å². The minimum absolute atomic E-state index is 0.552. The summed E-state index contributed by atoms with van der Waals surface area (Å²) in [7, 11) is 0. The van der Waals surface area contributed by atoms with Crippen LogP contribution in [0.2, 0.25) is 5.02 Å². The molecule has 68 valence electrons. The summed E-state index contributed by atoms with van der Waals surface area (Å²) in [4.78, 5) is 0. The molecule has 0 spiro atoms. The van der Waals surface area contributed by atoms with Crippen LogP contribution in [-0.2, 0) is 0 Å². The number of nitrogen functional groups attached to an aromatic ring is 1. The first kappa shape index (κ1) is 9.49. The fraction of sp³-hybridized carbons (Fsp3) is 0. The second kappa shape index (κ2) is 3.59. The first-order chi connectivity index (χ1) is 6.22. The molecule has 0 radical (unpaired) electrons. The Hall–Kier alpha value is -0.0600. The van der Waals surface area contributed by atoms with Crippen LogP contribution in [0, 0.1) is 0 Å². The van der Waals surface area contributed by atoms with Gasteiger partial charge >= 0.3 is 0 Å².